The van der Waals surface area contributed by atoms with Gasteiger partial charge in [0.15, 0.2) is 5.76 Å². The molecule has 1 N–H and O–H groups in total. The summed E-state index contributed by atoms with van der Waals surface area (Å²) in [5.41, 5.74) is 3.42. The molecule has 1 saturated heterocycles. The van der Waals surface area contributed by atoms with Gasteiger partial charge in [-0.1, -0.05) is 11.2 Å². The Labute approximate surface area is 145 Å². The van der Waals surface area contributed by atoms with Gasteiger partial charge in [-0.3, -0.25) is 4.98 Å². The van der Waals surface area contributed by atoms with Crippen molar-refractivity contribution in [3.63, 3.8) is 0 Å². The fraction of sp³-hybridized carbons (Fsp3) is 0.333. The van der Waals surface area contributed by atoms with Crippen molar-refractivity contribution in [3.05, 3.63) is 53.7 Å². The number of anilines is 1. The fourth-order valence-corrected chi connectivity index (χ4v) is 2.87. The number of hydrogen-bond donors (Lipinski definition) is 1. The molecule has 3 aromatic rings. The maximum absolute atomic E-state index is 5.83. The number of aromatic nitrogens is 4. The molecule has 0 aliphatic carbocycles. The molecule has 0 radical (unpaired) electrons. The van der Waals surface area contributed by atoms with Crippen LogP contribution in [0, 0.1) is 6.92 Å². The van der Waals surface area contributed by atoms with Crippen LogP contribution in [-0.2, 0) is 11.3 Å². The van der Waals surface area contributed by atoms with E-state index in [-0.39, 0.29) is 6.10 Å². The van der Waals surface area contributed by atoms with Crippen molar-refractivity contribution in [3.8, 4) is 11.3 Å². The SMILES string of the molecule is Cc1cc(-c2cnc(NCc3ccccn3)nc2[C@H]2CCCO2)on1. The summed E-state index contributed by atoms with van der Waals surface area (Å²) in [5.74, 6) is 1.22. The van der Waals surface area contributed by atoms with Gasteiger partial charge in [0.05, 0.1) is 29.2 Å². The van der Waals surface area contributed by atoms with Crippen LogP contribution in [0.2, 0.25) is 0 Å². The summed E-state index contributed by atoms with van der Waals surface area (Å²) in [5, 5.41) is 7.19. The highest BCUT2D eigenvalue weighted by molar-refractivity contribution is 5.61. The summed E-state index contributed by atoms with van der Waals surface area (Å²) in [6.45, 7) is 3.20. The van der Waals surface area contributed by atoms with Crippen LogP contribution in [-0.4, -0.2) is 26.7 Å². The second-order valence-electron chi connectivity index (χ2n) is 6.00. The van der Waals surface area contributed by atoms with E-state index in [1.165, 1.54) is 0 Å². The normalized spacial score (nSPS) is 16.9. The minimum atomic E-state index is -0.0428. The molecule has 0 unspecified atom stereocenters. The highest BCUT2D eigenvalue weighted by Gasteiger charge is 2.25. The Morgan fingerprint density at radius 2 is 2.24 bits per heavy atom. The highest BCUT2D eigenvalue weighted by Crippen LogP contribution is 2.34. The predicted molar refractivity (Wildman–Crippen MR) is 91.8 cm³/mol. The van der Waals surface area contributed by atoms with E-state index in [4.69, 9.17) is 14.2 Å². The van der Waals surface area contributed by atoms with Crippen molar-refractivity contribution in [1.29, 1.82) is 0 Å². The first kappa shape index (κ1) is 15.7. The van der Waals surface area contributed by atoms with Crippen molar-refractivity contribution in [2.24, 2.45) is 0 Å². The lowest BCUT2D eigenvalue weighted by atomic mass is 10.1. The molecule has 0 aromatic carbocycles. The van der Waals surface area contributed by atoms with Crippen LogP contribution in [0.4, 0.5) is 5.95 Å². The molecule has 25 heavy (non-hydrogen) atoms. The van der Waals surface area contributed by atoms with Crippen LogP contribution in [0.1, 0.15) is 36.0 Å². The van der Waals surface area contributed by atoms with Crippen LogP contribution in [0.3, 0.4) is 0 Å². The second-order valence-corrected chi connectivity index (χ2v) is 6.00. The molecule has 0 bridgehead atoms. The smallest absolute Gasteiger partial charge is 0.223 e. The third-order valence-corrected chi connectivity index (χ3v) is 4.10. The van der Waals surface area contributed by atoms with E-state index >= 15 is 0 Å². The average Bonchev–Trinajstić information content (AvgIpc) is 3.32. The molecule has 4 heterocycles. The van der Waals surface area contributed by atoms with Crippen LogP contribution >= 0.6 is 0 Å². The molecular formula is C18H19N5O2. The Kier molecular flexibility index (Phi) is 4.39. The number of ether oxygens (including phenoxy) is 1. The molecule has 7 heteroatoms. The quantitative estimate of drug-likeness (QED) is 0.764. The first-order valence-electron chi connectivity index (χ1n) is 8.35. The Balaban J connectivity index is 1.62. The molecular weight excluding hydrogens is 318 g/mol. The molecule has 1 aliphatic rings. The summed E-state index contributed by atoms with van der Waals surface area (Å²) in [7, 11) is 0. The summed E-state index contributed by atoms with van der Waals surface area (Å²) in [6, 6.07) is 7.69. The standard InChI is InChI=1S/C18H19N5O2/c1-12-9-16(25-23-12)14-11-21-18(20-10-13-5-2-3-7-19-13)22-17(14)15-6-4-8-24-15/h2-3,5,7,9,11,15H,4,6,8,10H2,1H3,(H,20,21,22)/t15-/m1/s1. The van der Waals surface area contributed by atoms with E-state index in [0.29, 0.717) is 18.3 Å². The predicted octanol–water partition coefficient (Wildman–Crippen LogP) is 3.30. The molecule has 7 nitrogen and oxygen atoms in total. The monoisotopic (exact) mass is 337 g/mol. The zero-order valence-corrected chi connectivity index (χ0v) is 14.0. The highest BCUT2D eigenvalue weighted by atomic mass is 16.5. The van der Waals surface area contributed by atoms with E-state index in [0.717, 1.165) is 42.1 Å². The Bertz CT molecular complexity index is 844. The summed E-state index contributed by atoms with van der Waals surface area (Å²) < 4.78 is 11.2. The second kappa shape index (κ2) is 6.98. The third kappa shape index (κ3) is 3.51. The molecule has 0 spiro atoms. The Hall–Kier alpha value is -2.80. The zero-order chi connectivity index (χ0) is 17.1. The van der Waals surface area contributed by atoms with E-state index in [1.807, 2.05) is 31.2 Å². The van der Waals surface area contributed by atoms with Crippen LogP contribution in [0.25, 0.3) is 11.3 Å². The van der Waals surface area contributed by atoms with Crippen LogP contribution in [0.5, 0.6) is 0 Å². The van der Waals surface area contributed by atoms with Crippen molar-refractivity contribution < 1.29 is 9.26 Å². The van der Waals surface area contributed by atoms with E-state index in [9.17, 15) is 0 Å². The maximum atomic E-state index is 5.83. The van der Waals surface area contributed by atoms with Gasteiger partial charge in [-0.15, -0.1) is 0 Å². The third-order valence-electron chi connectivity index (χ3n) is 4.10. The molecule has 4 rings (SSSR count). The first-order valence-corrected chi connectivity index (χ1v) is 8.35. The van der Waals surface area contributed by atoms with Gasteiger partial charge >= 0.3 is 0 Å². The van der Waals surface area contributed by atoms with Gasteiger partial charge in [0.25, 0.3) is 0 Å². The molecule has 1 atom stereocenters. The molecule has 0 saturated carbocycles. The van der Waals surface area contributed by atoms with Gasteiger partial charge in [0.1, 0.15) is 6.10 Å². The summed E-state index contributed by atoms with van der Waals surface area (Å²) >= 11 is 0. The van der Waals surface area contributed by atoms with E-state index < -0.39 is 0 Å². The van der Waals surface area contributed by atoms with Crippen molar-refractivity contribution >= 4 is 5.95 Å². The van der Waals surface area contributed by atoms with Gasteiger partial charge in [0.2, 0.25) is 5.95 Å². The number of nitrogens with zero attached hydrogens (tertiary/aromatic N) is 4. The molecule has 3 aromatic heterocycles. The van der Waals surface area contributed by atoms with Crippen LogP contribution in [0.15, 0.2) is 41.2 Å². The average molecular weight is 337 g/mol. The van der Waals surface area contributed by atoms with Crippen molar-refractivity contribution in [2.45, 2.75) is 32.4 Å². The lowest BCUT2D eigenvalue weighted by molar-refractivity contribution is 0.109. The topological polar surface area (TPSA) is 86.0 Å². The molecule has 128 valence electrons. The molecule has 0 amide bonds. The summed E-state index contributed by atoms with van der Waals surface area (Å²) in [6.07, 6.45) is 5.46. The Morgan fingerprint density at radius 3 is 2.96 bits per heavy atom. The number of rotatable bonds is 5. The number of hydrogen-bond acceptors (Lipinski definition) is 7. The van der Waals surface area contributed by atoms with Crippen LogP contribution < -0.4 is 5.32 Å². The lowest BCUT2D eigenvalue weighted by Gasteiger charge is -2.14. The maximum Gasteiger partial charge on any atom is 0.223 e. The van der Waals surface area contributed by atoms with Gasteiger partial charge < -0.3 is 14.6 Å². The van der Waals surface area contributed by atoms with Gasteiger partial charge in [-0.2, -0.15) is 0 Å². The van der Waals surface area contributed by atoms with Gasteiger partial charge in [-0.25, -0.2) is 9.97 Å². The van der Waals surface area contributed by atoms with Gasteiger partial charge in [0, 0.05) is 25.1 Å². The van der Waals surface area contributed by atoms with Crippen molar-refractivity contribution in [2.75, 3.05) is 11.9 Å². The van der Waals surface area contributed by atoms with Gasteiger partial charge in [-0.05, 0) is 31.9 Å². The van der Waals surface area contributed by atoms with Crippen molar-refractivity contribution in [1.82, 2.24) is 20.1 Å². The first-order chi connectivity index (χ1) is 12.3. The number of nitrogens with one attached hydrogen (secondary N) is 1. The summed E-state index contributed by atoms with van der Waals surface area (Å²) in [4.78, 5) is 13.4. The number of pyridine rings is 1. The lowest BCUT2D eigenvalue weighted by Crippen LogP contribution is -2.09. The molecule has 1 fully saturated rings. The Morgan fingerprint density at radius 1 is 1.28 bits per heavy atom. The van der Waals surface area contributed by atoms with E-state index in [1.54, 1.807) is 12.4 Å². The fourth-order valence-electron chi connectivity index (χ4n) is 2.87. The minimum absolute atomic E-state index is 0.0428. The largest absolute Gasteiger partial charge is 0.372 e. The molecule has 1 aliphatic heterocycles. The minimum Gasteiger partial charge on any atom is -0.372 e. The number of aryl methyl sites for hydroxylation is 1. The zero-order valence-electron chi connectivity index (χ0n) is 14.0. The van der Waals surface area contributed by atoms with E-state index in [2.05, 4.69) is 20.4 Å².